The number of halogens is 2. The van der Waals surface area contributed by atoms with Crippen LogP contribution < -0.4 is 5.32 Å². The van der Waals surface area contributed by atoms with E-state index in [4.69, 9.17) is 16.3 Å². The zero-order valence-corrected chi connectivity index (χ0v) is 19.4. The number of hydrogen-bond donors (Lipinski definition) is 3. The molecule has 2 aromatic carbocycles. The number of aliphatic hydroxyl groups excluding tert-OH is 1. The van der Waals surface area contributed by atoms with Crippen molar-refractivity contribution in [1.82, 2.24) is 5.32 Å². The molecule has 0 radical (unpaired) electrons. The number of rotatable bonds is 8. The summed E-state index contributed by atoms with van der Waals surface area (Å²) in [6, 6.07) is 10.7. The maximum Gasteiger partial charge on any atom is 0.407 e. The number of carbonyl (C=O) groups is 2. The van der Waals surface area contributed by atoms with Gasteiger partial charge in [0, 0.05) is 16.6 Å². The molecule has 0 fully saturated rings. The van der Waals surface area contributed by atoms with Crippen LogP contribution in [0.4, 0.5) is 9.18 Å². The predicted molar refractivity (Wildman–Crippen MR) is 121 cm³/mol. The Balaban J connectivity index is 2.24. The molecule has 174 valence electrons. The van der Waals surface area contributed by atoms with Crippen molar-refractivity contribution in [2.45, 2.75) is 52.2 Å². The normalized spacial score (nSPS) is 14.3. The molecule has 0 heterocycles. The van der Waals surface area contributed by atoms with Gasteiger partial charge < -0.3 is 20.3 Å². The summed E-state index contributed by atoms with van der Waals surface area (Å²) < 4.78 is 19.4. The van der Waals surface area contributed by atoms with Crippen LogP contribution in [-0.2, 0) is 16.0 Å². The summed E-state index contributed by atoms with van der Waals surface area (Å²) >= 11 is 5.97. The second-order valence-corrected chi connectivity index (χ2v) is 9.53. The van der Waals surface area contributed by atoms with Gasteiger partial charge in [-0.1, -0.05) is 35.9 Å². The van der Waals surface area contributed by atoms with Crippen LogP contribution in [0.5, 0.6) is 0 Å². The Morgan fingerprint density at radius 2 is 1.75 bits per heavy atom. The Kier molecular flexibility index (Phi) is 8.26. The van der Waals surface area contributed by atoms with Crippen LogP contribution in [0.25, 0.3) is 11.1 Å². The zero-order chi connectivity index (χ0) is 24.1. The van der Waals surface area contributed by atoms with E-state index in [1.54, 1.807) is 45.0 Å². The fourth-order valence-electron chi connectivity index (χ4n) is 3.24. The fourth-order valence-corrected chi connectivity index (χ4v) is 3.41. The molecule has 2 aromatic rings. The summed E-state index contributed by atoms with van der Waals surface area (Å²) in [5.41, 5.74) is -0.362. The molecular weight excluding hydrogens is 437 g/mol. The zero-order valence-electron chi connectivity index (χ0n) is 18.6. The van der Waals surface area contributed by atoms with E-state index in [1.807, 2.05) is 0 Å². The van der Waals surface area contributed by atoms with E-state index in [-0.39, 0.29) is 6.42 Å². The standard InChI is InChI=1S/C24H29ClFNO5/c1-23(2,3)32-22(31)27-18(13-24(4,14-28)21(29)30)11-15-5-7-16(8-6-15)19-12-17(25)9-10-20(19)26/h5-10,12,18,28H,11,13-14H2,1-4H3,(H,27,31)(H,29,30)/t18-,24+/m1/s1. The molecule has 0 saturated heterocycles. The summed E-state index contributed by atoms with van der Waals surface area (Å²) in [6.45, 7) is 6.02. The second kappa shape index (κ2) is 10.3. The minimum atomic E-state index is -1.44. The van der Waals surface area contributed by atoms with Gasteiger partial charge in [-0.3, -0.25) is 4.79 Å². The average Bonchev–Trinajstić information content (AvgIpc) is 2.68. The first-order valence-electron chi connectivity index (χ1n) is 10.2. The molecule has 6 nitrogen and oxygen atoms in total. The van der Waals surface area contributed by atoms with Crippen LogP contribution in [0.15, 0.2) is 42.5 Å². The van der Waals surface area contributed by atoms with Gasteiger partial charge in [0.15, 0.2) is 0 Å². The first kappa shape index (κ1) is 25.6. The number of nitrogens with one attached hydrogen (secondary N) is 1. The molecule has 0 unspecified atom stereocenters. The van der Waals surface area contributed by atoms with Gasteiger partial charge in [0.1, 0.15) is 11.4 Å². The van der Waals surface area contributed by atoms with Crippen molar-refractivity contribution in [3.63, 3.8) is 0 Å². The van der Waals surface area contributed by atoms with Crippen molar-refractivity contribution in [2.24, 2.45) is 5.41 Å². The third kappa shape index (κ3) is 7.21. The number of amides is 1. The maximum atomic E-state index is 14.1. The van der Waals surface area contributed by atoms with Gasteiger partial charge in [-0.05, 0) is 69.9 Å². The molecular formula is C24H29ClFNO5. The number of benzene rings is 2. The number of carboxylic acid groups (broad SMARTS) is 1. The van der Waals surface area contributed by atoms with Crippen LogP contribution in [0.1, 0.15) is 39.7 Å². The summed E-state index contributed by atoms with van der Waals surface area (Å²) in [5.74, 6) is -1.56. The Morgan fingerprint density at radius 1 is 1.12 bits per heavy atom. The maximum absolute atomic E-state index is 14.1. The fraction of sp³-hybridized carbons (Fsp3) is 0.417. The van der Waals surface area contributed by atoms with Crippen LogP contribution >= 0.6 is 11.6 Å². The number of ether oxygens (including phenoxy) is 1. The van der Waals surface area contributed by atoms with Crippen molar-refractivity contribution in [3.8, 4) is 11.1 Å². The molecule has 0 spiro atoms. The van der Waals surface area contributed by atoms with E-state index in [0.717, 1.165) is 5.56 Å². The molecule has 0 aliphatic rings. The SMILES string of the molecule is CC(C)(C)OC(=O)N[C@H](Cc1ccc(-c2cc(Cl)ccc2F)cc1)C[C@@](C)(CO)C(=O)O. The van der Waals surface area contributed by atoms with Crippen molar-refractivity contribution >= 4 is 23.7 Å². The highest BCUT2D eigenvalue weighted by atomic mass is 35.5. The number of alkyl carbamates (subject to hydrolysis) is 1. The lowest BCUT2D eigenvalue weighted by molar-refractivity contribution is -0.151. The lowest BCUT2D eigenvalue weighted by Crippen LogP contribution is -2.45. The largest absolute Gasteiger partial charge is 0.481 e. The summed E-state index contributed by atoms with van der Waals surface area (Å²) in [4.78, 5) is 24.0. The Hall–Kier alpha value is -2.64. The molecule has 8 heteroatoms. The number of hydrogen-bond acceptors (Lipinski definition) is 4. The predicted octanol–water partition coefficient (Wildman–Crippen LogP) is 5.06. The highest BCUT2D eigenvalue weighted by Crippen LogP contribution is 2.28. The van der Waals surface area contributed by atoms with Gasteiger partial charge in [0.25, 0.3) is 0 Å². The van der Waals surface area contributed by atoms with Crippen molar-refractivity contribution in [1.29, 1.82) is 0 Å². The lowest BCUT2D eigenvalue weighted by Gasteiger charge is -2.29. The number of aliphatic hydroxyl groups is 1. The topological polar surface area (TPSA) is 95.9 Å². The Labute approximate surface area is 192 Å². The van der Waals surface area contributed by atoms with E-state index < -0.39 is 41.5 Å². The molecule has 1 amide bonds. The van der Waals surface area contributed by atoms with Gasteiger partial charge in [0.05, 0.1) is 12.0 Å². The van der Waals surface area contributed by atoms with E-state index in [2.05, 4.69) is 5.32 Å². The highest BCUT2D eigenvalue weighted by molar-refractivity contribution is 6.30. The number of aliphatic carboxylic acids is 1. The first-order valence-corrected chi connectivity index (χ1v) is 10.6. The Morgan fingerprint density at radius 3 is 2.28 bits per heavy atom. The smallest absolute Gasteiger partial charge is 0.407 e. The summed E-state index contributed by atoms with van der Waals surface area (Å²) in [5, 5.41) is 22.3. The monoisotopic (exact) mass is 465 g/mol. The lowest BCUT2D eigenvalue weighted by atomic mass is 9.82. The minimum Gasteiger partial charge on any atom is -0.481 e. The molecule has 3 N–H and O–H groups in total. The molecule has 0 saturated carbocycles. The molecule has 0 bridgehead atoms. The van der Waals surface area contributed by atoms with Crippen molar-refractivity contribution < 1.29 is 28.9 Å². The van der Waals surface area contributed by atoms with E-state index >= 15 is 0 Å². The third-order valence-corrected chi connectivity index (χ3v) is 5.19. The minimum absolute atomic E-state index is 0.0112. The van der Waals surface area contributed by atoms with Crippen molar-refractivity contribution in [2.75, 3.05) is 6.61 Å². The van der Waals surface area contributed by atoms with Crippen molar-refractivity contribution in [3.05, 3.63) is 58.9 Å². The molecule has 0 aromatic heterocycles. The quantitative estimate of drug-likeness (QED) is 0.506. The summed E-state index contributed by atoms with van der Waals surface area (Å²) in [6.07, 6.45) is -0.394. The van der Waals surface area contributed by atoms with Crippen LogP contribution in [0.2, 0.25) is 5.02 Å². The van der Waals surface area contributed by atoms with Crippen LogP contribution in [0.3, 0.4) is 0 Å². The molecule has 0 aliphatic carbocycles. The van der Waals surface area contributed by atoms with E-state index in [9.17, 15) is 24.2 Å². The van der Waals surface area contributed by atoms with Gasteiger partial charge in [-0.25, -0.2) is 9.18 Å². The van der Waals surface area contributed by atoms with Gasteiger partial charge in [-0.15, -0.1) is 0 Å². The van der Waals surface area contributed by atoms with Crippen LogP contribution in [0, 0.1) is 11.2 Å². The molecule has 2 atom stereocenters. The molecule has 2 rings (SSSR count). The van der Waals surface area contributed by atoms with E-state index in [1.165, 1.54) is 25.1 Å². The number of carboxylic acids is 1. The van der Waals surface area contributed by atoms with Crippen LogP contribution in [-0.4, -0.2) is 40.5 Å². The highest BCUT2D eigenvalue weighted by Gasteiger charge is 2.36. The number of carbonyl (C=O) groups excluding carboxylic acids is 1. The molecule has 0 aliphatic heterocycles. The summed E-state index contributed by atoms with van der Waals surface area (Å²) in [7, 11) is 0. The van der Waals surface area contributed by atoms with Gasteiger partial charge >= 0.3 is 12.1 Å². The Bertz CT molecular complexity index is 958. The third-order valence-electron chi connectivity index (χ3n) is 4.96. The van der Waals surface area contributed by atoms with Gasteiger partial charge in [-0.2, -0.15) is 0 Å². The van der Waals surface area contributed by atoms with E-state index in [0.29, 0.717) is 22.6 Å². The second-order valence-electron chi connectivity index (χ2n) is 9.10. The van der Waals surface area contributed by atoms with Gasteiger partial charge in [0.2, 0.25) is 0 Å². The molecule has 32 heavy (non-hydrogen) atoms. The first-order chi connectivity index (χ1) is 14.8. The average molecular weight is 466 g/mol.